The average Bonchev–Trinajstić information content (AvgIpc) is 3.27. The van der Waals surface area contributed by atoms with Crippen molar-refractivity contribution in [3.63, 3.8) is 0 Å². The minimum absolute atomic E-state index is 0.0384. The van der Waals surface area contributed by atoms with Gasteiger partial charge in [-0.25, -0.2) is 9.97 Å². The quantitative estimate of drug-likeness (QED) is 0.663. The van der Waals surface area contributed by atoms with Gasteiger partial charge in [0.15, 0.2) is 10.3 Å². The van der Waals surface area contributed by atoms with Crippen molar-refractivity contribution in [3.8, 4) is 16.3 Å². The first-order valence-electron chi connectivity index (χ1n) is 8.12. The Kier molecular flexibility index (Phi) is 5.53. The number of aromatic nitrogens is 2. The molecule has 0 saturated heterocycles. The molecule has 1 amide bonds. The molecule has 0 aliphatic rings. The molecule has 136 valence electrons. The molecule has 3 aromatic rings. The maximum atomic E-state index is 11.6. The third-order valence-corrected chi connectivity index (χ3v) is 5.85. The molecule has 1 N–H and O–H groups in total. The Hall–Kier alpha value is -2.45. The summed E-state index contributed by atoms with van der Waals surface area (Å²) in [6, 6.07) is 7.85. The Bertz CT molecular complexity index is 902. The van der Waals surface area contributed by atoms with Crippen LogP contribution in [-0.2, 0) is 4.79 Å². The largest absolute Gasteiger partial charge is 0.497 e. The van der Waals surface area contributed by atoms with Crippen LogP contribution in [0.15, 0.2) is 29.6 Å². The van der Waals surface area contributed by atoms with E-state index in [-0.39, 0.29) is 5.91 Å². The molecule has 6 nitrogen and oxygen atoms in total. The highest BCUT2D eigenvalue weighted by molar-refractivity contribution is 7.20. The Labute approximate surface area is 160 Å². The summed E-state index contributed by atoms with van der Waals surface area (Å²) in [6.45, 7) is 3.75. The summed E-state index contributed by atoms with van der Waals surface area (Å²) in [5, 5.41) is 6.33. The number of hydrogen-bond donors (Lipinski definition) is 1. The lowest BCUT2D eigenvalue weighted by Gasteiger charge is -2.16. The van der Waals surface area contributed by atoms with E-state index in [0.29, 0.717) is 11.6 Å². The van der Waals surface area contributed by atoms with E-state index in [1.807, 2.05) is 55.4 Å². The summed E-state index contributed by atoms with van der Waals surface area (Å²) < 4.78 is 5.20. The number of benzene rings is 1. The molecule has 0 aliphatic carbocycles. The van der Waals surface area contributed by atoms with Gasteiger partial charge in [-0.3, -0.25) is 4.79 Å². The van der Waals surface area contributed by atoms with Crippen molar-refractivity contribution in [1.82, 2.24) is 9.97 Å². The van der Waals surface area contributed by atoms with Gasteiger partial charge in [-0.15, -0.1) is 11.3 Å². The maximum absolute atomic E-state index is 11.6. The van der Waals surface area contributed by atoms with E-state index in [2.05, 4.69) is 10.3 Å². The van der Waals surface area contributed by atoms with Crippen molar-refractivity contribution in [1.29, 1.82) is 0 Å². The fraction of sp³-hybridized carbons (Fsp3) is 0.278. The number of carbonyl (C=O) groups excluding carboxylic acids is 1. The molecule has 8 heteroatoms. The second kappa shape index (κ2) is 7.84. The molecule has 2 aromatic heterocycles. The van der Waals surface area contributed by atoms with Gasteiger partial charge in [-0.2, -0.15) is 0 Å². The monoisotopic (exact) mass is 388 g/mol. The number of amides is 1. The van der Waals surface area contributed by atoms with Crippen LogP contribution < -0.4 is 15.0 Å². The molecule has 0 fully saturated rings. The van der Waals surface area contributed by atoms with Crippen LogP contribution in [-0.4, -0.2) is 30.0 Å². The van der Waals surface area contributed by atoms with Gasteiger partial charge in [-0.1, -0.05) is 18.3 Å². The SMILES string of the molecule is CCC(=O)Nc1nc(C)c(-c2csc(N(C)c3ccc(OC)cc3)n2)s1. The second-order valence-corrected chi connectivity index (χ2v) is 7.44. The molecule has 0 spiro atoms. The highest BCUT2D eigenvalue weighted by atomic mass is 32.1. The number of rotatable bonds is 6. The van der Waals surface area contributed by atoms with Crippen molar-refractivity contribution in [2.75, 3.05) is 24.4 Å². The van der Waals surface area contributed by atoms with Crippen LogP contribution in [0.4, 0.5) is 16.0 Å². The minimum atomic E-state index is -0.0384. The normalized spacial score (nSPS) is 10.6. The number of methoxy groups -OCH3 is 1. The fourth-order valence-corrected chi connectivity index (χ4v) is 4.15. The summed E-state index contributed by atoms with van der Waals surface area (Å²) in [5.74, 6) is 0.785. The minimum Gasteiger partial charge on any atom is -0.497 e. The van der Waals surface area contributed by atoms with Crippen LogP contribution in [0.25, 0.3) is 10.6 Å². The van der Waals surface area contributed by atoms with Gasteiger partial charge < -0.3 is 15.0 Å². The smallest absolute Gasteiger partial charge is 0.225 e. The van der Waals surface area contributed by atoms with E-state index in [0.717, 1.165) is 32.8 Å². The van der Waals surface area contributed by atoms with E-state index in [4.69, 9.17) is 9.72 Å². The van der Waals surface area contributed by atoms with Gasteiger partial charge >= 0.3 is 0 Å². The number of carbonyl (C=O) groups is 1. The molecular weight excluding hydrogens is 368 g/mol. The first-order chi connectivity index (χ1) is 12.5. The molecule has 0 saturated carbocycles. The highest BCUT2D eigenvalue weighted by Crippen LogP contribution is 2.36. The van der Waals surface area contributed by atoms with E-state index < -0.39 is 0 Å². The van der Waals surface area contributed by atoms with Gasteiger partial charge in [0, 0.05) is 24.5 Å². The van der Waals surface area contributed by atoms with Crippen LogP contribution in [0.2, 0.25) is 0 Å². The summed E-state index contributed by atoms with van der Waals surface area (Å²) in [5.41, 5.74) is 2.77. The van der Waals surface area contributed by atoms with Crippen molar-refractivity contribution in [3.05, 3.63) is 35.3 Å². The van der Waals surface area contributed by atoms with E-state index in [9.17, 15) is 4.79 Å². The zero-order valence-electron chi connectivity index (χ0n) is 15.1. The first kappa shape index (κ1) is 18.3. The van der Waals surface area contributed by atoms with E-state index >= 15 is 0 Å². The lowest BCUT2D eigenvalue weighted by Crippen LogP contribution is -2.08. The van der Waals surface area contributed by atoms with Gasteiger partial charge in [0.05, 0.1) is 23.4 Å². The Morgan fingerprint density at radius 3 is 2.65 bits per heavy atom. The van der Waals surface area contributed by atoms with E-state index in [1.54, 1.807) is 18.4 Å². The molecule has 2 heterocycles. The van der Waals surface area contributed by atoms with Crippen LogP contribution in [0.3, 0.4) is 0 Å². The molecule has 0 aliphatic heterocycles. The molecule has 1 aromatic carbocycles. The number of thiazole rings is 2. The van der Waals surface area contributed by atoms with Crippen LogP contribution in [0.1, 0.15) is 19.0 Å². The third-order valence-electron chi connectivity index (χ3n) is 3.84. The van der Waals surface area contributed by atoms with Gasteiger partial charge in [0.1, 0.15) is 5.75 Å². The van der Waals surface area contributed by atoms with Crippen molar-refractivity contribution in [2.45, 2.75) is 20.3 Å². The lowest BCUT2D eigenvalue weighted by molar-refractivity contribution is -0.115. The number of nitrogens with zero attached hydrogens (tertiary/aromatic N) is 3. The highest BCUT2D eigenvalue weighted by Gasteiger charge is 2.16. The number of nitrogens with one attached hydrogen (secondary N) is 1. The summed E-state index contributed by atoms with van der Waals surface area (Å²) in [7, 11) is 3.64. The summed E-state index contributed by atoms with van der Waals surface area (Å²) in [6.07, 6.45) is 0.432. The zero-order valence-corrected chi connectivity index (χ0v) is 16.7. The van der Waals surface area contributed by atoms with Crippen molar-refractivity contribution >= 4 is 44.5 Å². The third kappa shape index (κ3) is 3.86. The zero-order chi connectivity index (χ0) is 18.7. The topological polar surface area (TPSA) is 67.4 Å². The Morgan fingerprint density at radius 2 is 2.00 bits per heavy atom. The number of aryl methyl sites for hydroxylation is 1. The lowest BCUT2D eigenvalue weighted by atomic mass is 10.3. The average molecular weight is 389 g/mol. The second-order valence-electron chi connectivity index (χ2n) is 5.61. The molecule has 0 radical (unpaired) electrons. The van der Waals surface area contributed by atoms with Crippen molar-refractivity contribution in [2.24, 2.45) is 0 Å². The van der Waals surface area contributed by atoms with Gasteiger partial charge in [0.25, 0.3) is 0 Å². The summed E-state index contributed by atoms with van der Waals surface area (Å²) >= 11 is 3.02. The summed E-state index contributed by atoms with van der Waals surface area (Å²) in [4.78, 5) is 23.7. The van der Waals surface area contributed by atoms with Crippen LogP contribution in [0, 0.1) is 6.92 Å². The predicted molar refractivity (Wildman–Crippen MR) is 108 cm³/mol. The molecule has 26 heavy (non-hydrogen) atoms. The number of anilines is 3. The molecule has 0 atom stereocenters. The Morgan fingerprint density at radius 1 is 1.27 bits per heavy atom. The predicted octanol–water partition coefficient (Wildman–Crippen LogP) is 4.70. The van der Waals surface area contributed by atoms with Gasteiger partial charge in [-0.05, 0) is 31.2 Å². The fourth-order valence-electron chi connectivity index (χ4n) is 2.33. The number of ether oxygens (including phenoxy) is 1. The van der Waals surface area contributed by atoms with Crippen molar-refractivity contribution < 1.29 is 9.53 Å². The van der Waals surface area contributed by atoms with Crippen LogP contribution in [0.5, 0.6) is 5.75 Å². The number of hydrogen-bond acceptors (Lipinski definition) is 7. The Balaban J connectivity index is 1.81. The maximum Gasteiger partial charge on any atom is 0.225 e. The molecular formula is C18H20N4O2S2. The van der Waals surface area contributed by atoms with Crippen LogP contribution >= 0.6 is 22.7 Å². The standard InChI is InChI=1S/C18H20N4O2S2/c1-5-15(23)21-17-19-11(2)16(26-17)14-10-25-18(20-14)22(3)12-6-8-13(24-4)9-7-12/h6-10H,5H2,1-4H3,(H,19,21,23). The first-order valence-corrected chi connectivity index (χ1v) is 9.82. The van der Waals surface area contributed by atoms with Gasteiger partial charge in [0.2, 0.25) is 5.91 Å². The molecule has 0 unspecified atom stereocenters. The molecule has 3 rings (SSSR count). The van der Waals surface area contributed by atoms with E-state index in [1.165, 1.54) is 11.3 Å². The molecule has 0 bridgehead atoms.